The average Bonchev–Trinajstić information content (AvgIpc) is 3.67. The standard InChI is InChI=1S/C35H30NO2/c1-20-18-29-24-10-6-7-11-30(24)37-35(29)32(21(20)2)33-26-14-15-27-25-13-12-23(22-8-4-5-9-22)19-31(25)38-34(27)28(26)16-17-36(33)3/h6-7,10-19,22H,4-5,8-9H2,1-3H3/q+1. The van der Waals surface area contributed by atoms with Gasteiger partial charge in [0.05, 0.1) is 10.9 Å². The van der Waals surface area contributed by atoms with Gasteiger partial charge in [0.25, 0.3) is 0 Å². The summed E-state index contributed by atoms with van der Waals surface area (Å²) < 4.78 is 15.4. The van der Waals surface area contributed by atoms with Crippen LogP contribution in [-0.2, 0) is 7.05 Å². The second-order valence-electron chi connectivity index (χ2n) is 11.2. The van der Waals surface area contributed by atoms with E-state index < -0.39 is 0 Å². The SMILES string of the molecule is Cc1cc2c(oc3ccccc32)c(-c2c3ccc4c5ccc(C6CCCC6)cc5oc4c3cc[n+]2C)c1C. The Morgan fingerprint density at radius 1 is 0.684 bits per heavy atom. The smallest absolute Gasteiger partial charge is 0.224 e. The second-order valence-corrected chi connectivity index (χ2v) is 11.2. The Labute approximate surface area is 221 Å². The molecule has 0 amide bonds. The molecular formula is C35H30NO2+. The number of pyridine rings is 1. The summed E-state index contributed by atoms with van der Waals surface area (Å²) in [5.74, 6) is 0.672. The summed E-state index contributed by atoms with van der Waals surface area (Å²) in [6.07, 6.45) is 7.42. The summed E-state index contributed by atoms with van der Waals surface area (Å²) >= 11 is 0. The van der Waals surface area contributed by atoms with E-state index in [2.05, 4.69) is 92.3 Å². The number of nitrogens with zero attached hydrogens (tertiary/aromatic N) is 1. The second kappa shape index (κ2) is 7.94. The molecule has 38 heavy (non-hydrogen) atoms. The van der Waals surface area contributed by atoms with Crippen molar-refractivity contribution in [2.45, 2.75) is 45.4 Å². The van der Waals surface area contributed by atoms with E-state index >= 15 is 0 Å². The van der Waals surface area contributed by atoms with Crippen LogP contribution in [0.1, 0.15) is 48.3 Å². The predicted molar refractivity (Wildman–Crippen MR) is 156 cm³/mol. The molecule has 1 saturated carbocycles. The van der Waals surface area contributed by atoms with Crippen LogP contribution in [0.3, 0.4) is 0 Å². The van der Waals surface area contributed by atoms with Gasteiger partial charge in [0.1, 0.15) is 29.4 Å². The first-order valence-electron chi connectivity index (χ1n) is 13.8. The van der Waals surface area contributed by atoms with Crippen LogP contribution in [0.25, 0.3) is 65.9 Å². The average molecular weight is 497 g/mol. The lowest BCUT2D eigenvalue weighted by Gasteiger charge is -2.11. The van der Waals surface area contributed by atoms with Crippen molar-refractivity contribution in [2.75, 3.05) is 0 Å². The van der Waals surface area contributed by atoms with Crippen molar-refractivity contribution in [3.05, 3.63) is 89.6 Å². The van der Waals surface area contributed by atoms with Gasteiger partial charge in [-0.15, -0.1) is 0 Å². The van der Waals surface area contributed by atoms with Crippen LogP contribution in [0.15, 0.2) is 81.8 Å². The van der Waals surface area contributed by atoms with Gasteiger partial charge in [0, 0.05) is 33.0 Å². The molecule has 0 saturated heterocycles. The molecule has 4 aromatic carbocycles. The number of aryl methyl sites for hydroxylation is 2. The van der Waals surface area contributed by atoms with Crippen LogP contribution >= 0.6 is 0 Å². The number of fused-ring (bicyclic) bond motifs is 8. The third kappa shape index (κ3) is 2.99. The van der Waals surface area contributed by atoms with Gasteiger partial charge in [0.15, 0.2) is 6.20 Å². The van der Waals surface area contributed by atoms with E-state index in [0.717, 1.165) is 44.4 Å². The molecule has 3 heterocycles. The number of hydrogen-bond donors (Lipinski definition) is 0. The highest BCUT2D eigenvalue weighted by Gasteiger charge is 2.26. The topological polar surface area (TPSA) is 30.2 Å². The predicted octanol–water partition coefficient (Wildman–Crippen LogP) is 9.40. The van der Waals surface area contributed by atoms with Crippen LogP contribution in [0, 0.1) is 13.8 Å². The molecule has 3 nitrogen and oxygen atoms in total. The first-order valence-corrected chi connectivity index (χ1v) is 13.8. The van der Waals surface area contributed by atoms with Crippen molar-refractivity contribution in [1.82, 2.24) is 0 Å². The molecule has 0 bridgehead atoms. The minimum absolute atomic E-state index is 0.672. The number of furan rings is 2. The Bertz CT molecular complexity index is 2070. The lowest BCUT2D eigenvalue weighted by molar-refractivity contribution is -0.659. The molecule has 0 spiro atoms. The first kappa shape index (κ1) is 21.9. The fourth-order valence-electron chi connectivity index (χ4n) is 6.90. The van der Waals surface area contributed by atoms with Crippen molar-refractivity contribution < 1.29 is 13.4 Å². The van der Waals surface area contributed by atoms with Gasteiger partial charge >= 0.3 is 0 Å². The molecule has 0 radical (unpaired) electrons. The van der Waals surface area contributed by atoms with Gasteiger partial charge in [0.2, 0.25) is 5.69 Å². The Balaban J connectivity index is 1.43. The highest BCUT2D eigenvalue weighted by Crippen LogP contribution is 2.43. The molecule has 0 unspecified atom stereocenters. The maximum Gasteiger partial charge on any atom is 0.224 e. The van der Waals surface area contributed by atoms with E-state index in [4.69, 9.17) is 8.83 Å². The number of benzene rings is 4. The Morgan fingerprint density at radius 3 is 2.26 bits per heavy atom. The van der Waals surface area contributed by atoms with Crippen LogP contribution in [0.5, 0.6) is 0 Å². The minimum atomic E-state index is 0.672. The number of aromatic nitrogens is 1. The van der Waals surface area contributed by atoms with E-state index in [1.165, 1.54) is 63.9 Å². The van der Waals surface area contributed by atoms with Gasteiger partial charge in [-0.3, -0.25) is 0 Å². The molecule has 1 fully saturated rings. The summed E-state index contributed by atoms with van der Waals surface area (Å²) in [4.78, 5) is 0. The maximum atomic E-state index is 6.65. The highest BCUT2D eigenvalue weighted by molar-refractivity contribution is 6.18. The highest BCUT2D eigenvalue weighted by atomic mass is 16.3. The molecule has 0 atom stereocenters. The van der Waals surface area contributed by atoms with Crippen molar-refractivity contribution in [1.29, 1.82) is 0 Å². The van der Waals surface area contributed by atoms with Gasteiger partial charge in [-0.1, -0.05) is 43.2 Å². The van der Waals surface area contributed by atoms with Gasteiger partial charge < -0.3 is 8.83 Å². The van der Waals surface area contributed by atoms with Crippen LogP contribution in [0.4, 0.5) is 0 Å². The summed E-state index contributed by atoms with van der Waals surface area (Å²) in [6.45, 7) is 4.41. The third-order valence-corrected chi connectivity index (χ3v) is 9.03. The molecule has 1 aliphatic rings. The zero-order valence-electron chi connectivity index (χ0n) is 22.1. The molecule has 0 N–H and O–H groups in total. The first-order chi connectivity index (χ1) is 18.6. The van der Waals surface area contributed by atoms with Crippen LogP contribution in [0.2, 0.25) is 0 Å². The summed E-state index contributed by atoms with van der Waals surface area (Å²) in [6, 6.07) is 24.2. The van der Waals surface area contributed by atoms with Crippen LogP contribution < -0.4 is 4.57 Å². The minimum Gasteiger partial charge on any atom is -0.455 e. The molecule has 3 heteroatoms. The van der Waals surface area contributed by atoms with Crippen molar-refractivity contribution >= 4 is 54.6 Å². The zero-order chi connectivity index (χ0) is 25.5. The molecule has 8 rings (SSSR count). The molecule has 7 aromatic rings. The van der Waals surface area contributed by atoms with Gasteiger partial charge in [-0.05, 0) is 79.6 Å². The maximum absolute atomic E-state index is 6.65. The van der Waals surface area contributed by atoms with Crippen molar-refractivity contribution in [3.63, 3.8) is 0 Å². The van der Waals surface area contributed by atoms with E-state index in [9.17, 15) is 0 Å². The van der Waals surface area contributed by atoms with Gasteiger partial charge in [-0.2, -0.15) is 0 Å². The number of rotatable bonds is 2. The fourth-order valence-corrected chi connectivity index (χ4v) is 6.90. The monoisotopic (exact) mass is 496 g/mol. The molecule has 186 valence electrons. The van der Waals surface area contributed by atoms with Crippen LogP contribution in [-0.4, -0.2) is 0 Å². The largest absolute Gasteiger partial charge is 0.455 e. The summed E-state index contributed by atoms with van der Waals surface area (Å²) in [5.41, 5.74) is 10.1. The Hall–Kier alpha value is -4.11. The lowest BCUT2D eigenvalue weighted by atomic mass is 9.93. The van der Waals surface area contributed by atoms with Crippen molar-refractivity contribution in [3.8, 4) is 11.3 Å². The number of para-hydroxylation sites is 1. The fraction of sp³-hybridized carbons (Fsp3) is 0.229. The van der Waals surface area contributed by atoms with Gasteiger partial charge in [-0.25, -0.2) is 4.57 Å². The van der Waals surface area contributed by atoms with Crippen molar-refractivity contribution in [2.24, 2.45) is 7.05 Å². The zero-order valence-corrected chi connectivity index (χ0v) is 22.1. The summed E-state index contributed by atoms with van der Waals surface area (Å²) in [5, 5.41) is 7.02. The van der Waals surface area contributed by atoms with E-state index in [1.807, 2.05) is 6.07 Å². The van der Waals surface area contributed by atoms with E-state index in [0.29, 0.717) is 5.92 Å². The lowest BCUT2D eigenvalue weighted by Crippen LogP contribution is -2.30. The number of hydrogen-bond acceptors (Lipinski definition) is 2. The normalized spacial score (nSPS) is 14.7. The van der Waals surface area contributed by atoms with E-state index in [-0.39, 0.29) is 0 Å². The Kier molecular flexibility index (Phi) is 4.58. The third-order valence-electron chi connectivity index (χ3n) is 9.03. The van der Waals surface area contributed by atoms with E-state index in [1.54, 1.807) is 0 Å². The molecule has 1 aliphatic carbocycles. The molecule has 3 aromatic heterocycles. The quantitative estimate of drug-likeness (QED) is 0.223. The Morgan fingerprint density at radius 2 is 1.39 bits per heavy atom. The molecular weight excluding hydrogens is 466 g/mol. The summed E-state index contributed by atoms with van der Waals surface area (Å²) in [7, 11) is 2.13. The molecule has 0 aliphatic heterocycles.